The van der Waals surface area contributed by atoms with E-state index in [2.05, 4.69) is 27.1 Å². The van der Waals surface area contributed by atoms with Crippen LogP contribution in [0.4, 0.5) is 17.6 Å². The van der Waals surface area contributed by atoms with Gasteiger partial charge in [0.05, 0.1) is 6.61 Å². The van der Waals surface area contributed by atoms with Gasteiger partial charge >= 0.3 is 0 Å². The lowest BCUT2D eigenvalue weighted by atomic mass is 10.2. The summed E-state index contributed by atoms with van der Waals surface area (Å²) in [5.41, 5.74) is 5.77. The van der Waals surface area contributed by atoms with Crippen LogP contribution >= 0.6 is 0 Å². The molecule has 1 aliphatic carbocycles. The van der Waals surface area contributed by atoms with Gasteiger partial charge in [-0.15, -0.1) is 0 Å². The zero-order valence-electron chi connectivity index (χ0n) is 11.9. The van der Waals surface area contributed by atoms with Crippen LogP contribution in [0.3, 0.4) is 0 Å². The molecule has 2 rings (SSSR count). The Morgan fingerprint density at radius 1 is 1.53 bits per heavy atom. The smallest absolute Gasteiger partial charge is 0.223 e. The number of hydrogen-bond acceptors (Lipinski definition) is 6. The molecule has 19 heavy (non-hydrogen) atoms. The zero-order chi connectivity index (χ0) is 13.8. The summed E-state index contributed by atoms with van der Waals surface area (Å²) in [4.78, 5) is 10.8. The Hall–Kier alpha value is -1.56. The lowest BCUT2D eigenvalue weighted by molar-refractivity contribution is 0.202. The van der Waals surface area contributed by atoms with Gasteiger partial charge in [0, 0.05) is 32.8 Å². The number of nitrogen functional groups attached to an aromatic ring is 1. The maximum Gasteiger partial charge on any atom is 0.223 e. The molecule has 0 radical (unpaired) electrons. The Morgan fingerprint density at radius 3 is 2.84 bits per heavy atom. The molecule has 1 aromatic heterocycles. The van der Waals surface area contributed by atoms with Crippen LogP contribution in [0, 0.1) is 5.92 Å². The number of nitrogens with zero attached hydrogens (tertiary/aromatic N) is 3. The second-order valence-electron chi connectivity index (χ2n) is 4.98. The van der Waals surface area contributed by atoms with Crippen LogP contribution in [0.15, 0.2) is 6.07 Å². The summed E-state index contributed by atoms with van der Waals surface area (Å²) >= 11 is 0. The molecule has 0 bridgehead atoms. The highest BCUT2D eigenvalue weighted by molar-refractivity contribution is 5.53. The quantitative estimate of drug-likeness (QED) is 0.775. The van der Waals surface area contributed by atoms with E-state index in [0.717, 1.165) is 24.1 Å². The van der Waals surface area contributed by atoms with Gasteiger partial charge in [-0.05, 0) is 25.7 Å². The van der Waals surface area contributed by atoms with E-state index in [1.165, 1.54) is 12.8 Å². The molecule has 1 atom stereocenters. The van der Waals surface area contributed by atoms with Crippen molar-refractivity contribution in [1.29, 1.82) is 0 Å². The minimum atomic E-state index is 0.298. The highest BCUT2D eigenvalue weighted by Crippen LogP contribution is 2.36. The van der Waals surface area contributed by atoms with E-state index in [1.54, 1.807) is 7.11 Å². The summed E-state index contributed by atoms with van der Waals surface area (Å²) < 4.78 is 5.20. The average molecular weight is 265 g/mol. The molecule has 1 aromatic rings. The minimum Gasteiger partial charge on any atom is -0.383 e. The number of hydrogen-bond donors (Lipinski definition) is 2. The molecular formula is C13H23N5O. The number of aromatic nitrogens is 2. The van der Waals surface area contributed by atoms with E-state index in [4.69, 9.17) is 10.5 Å². The maximum absolute atomic E-state index is 5.77. The highest BCUT2D eigenvalue weighted by Gasteiger charge is 2.32. The van der Waals surface area contributed by atoms with Gasteiger partial charge in [0.15, 0.2) is 0 Å². The molecule has 0 saturated heterocycles. The van der Waals surface area contributed by atoms with Crippen molar-refractivity contribution in [2.24, 2.45) is 5.92 Å². The number of rotatable bonds is 7. The molecule has 1 aliphatic rings. The third kappa shape index (κ3) is 3.47. The summed E-state index contributed by atoms with van der Waals surface area (Å²) in [7, 11) is 3.54. The van der Waals surface area contributed by atoms with Crippen molar-refractivity contribution in [3.63, 3.8) is 0 Å². The number of nitrogens with one attached hydrogen (secondary N) is 1. The summed E-state index contributed by atoms with van der Waals surface area (Å²) in [6.07, 6.45) is 2.59. The normalized spacial score (nSPS) is 16.2. The Morgan fingerprint density at radius 2 is 2.26 bits per heavy atom. The Kier molecular flexibility index (Phi) is 4.42. The molecule has 1 unspecified atom stereocenters. The molecule has 0 spiro atoms. The van der Waals surface area contributed by atoms with E-state index in [-0.39, 0.29) is 0 Å². The lowest BCUT2D eigenvalue weighted by Crippen LogP contribution is -2.38. The molecule has 1 fully saturated rings. The largest absolute Gasteiger partial charge is 0.383 e. The summed E-state index contributed by atoms with van der Waals surface area (Å²) in [6.45, 7) is 3.73. The van der Waals surface area contributed by atoms with Gasteiger partial charge in [-0.2, -0.15) is 9.97 Å². The van der Waals surface area contributed by atoms with Gasteiger partial charge in [-0.1, -0.05) is 0 Å². The Bertz CT molecular complexity index is 421. The minimum absolute atomic E-state index is 0.298. The van der Waals surface area contributed by atoms with Crippen molar-refractivity contribution in [2.45, 2.75) is 25.8 Å². The molecule has 1 saturated carbocycles. The molecule has 6 nitrogen and oxygen atoms in total. The first kappa shape index (κ1) is 13.9. The van der Waals surface area contributed by atoms with Gasteiger partial charge in [-0.3, -0.25) is 0 Å². The Balaban J connectivity index is 2.22. The third-order valence-electron chi connectivity index (χ3n) is 3.61. The van der Waals surface area contributed by atoms with Crippen molar-refractivity contribution >= 4 is 17.6 Å². The topological polar surface area (TPSA) is 76.3 Å². The van der Waals surface area contributed by atoms with E-state index in [9.17, 15) is 0 Å². The van der Waals surface area contributed by atoms with Crippen molar-refractivity contribution in [3.8, 4) is 0 Å². The molecule has 106 valence electrons. The van der Waals surface area contributed by atoms with E-state index in [0.29, 0.717) is 18.6 Å². The van der Waals surface area contributed by atoms with Crippen LogP contribution in [0.25, 0.3) is 0 Å². The van der Waals surface area contributed by atoms with E-state index >= 15 is 0 Å². The highest BCUT2D eigenvalue weighted by atomic mass is 16.5. The van der Waals surface area contributed by atoms with Gasteiger partial charge in [0.2, 0.25) is 5.95 Å². The number of ether oxygens (including phenoxy) is 1. The molecule has 0 aromatic carbocycles. The van der Waals surface area contributed by atoms with Crippen molar-refractivity contribution in [3.05, 3.63) is 6.07 Å². The van der Waals surface area contributed by atoms with Gasteiger partial charge in [0.25, 0.3) is 0 Å². The first-order chi connectivity index (χ1) is 9.15. The molecule has 0 aliphatic heterocycles. The van der Waals surface area contributed by atoms with Crippen molar-refractivity contribution in [2.75, 3.05) is 43.3 Å². The van der Waals surface area contributed by atoms with Crippen LogP contribution in [-0.2, 0) is 4.74 Å². The first-order valence-corrected chi connectivity index (χ1v) is 6.73. The number of methoxy groups -OCH3 is 1. The summed E-state index contributed by atoms with van der Waals surface area (Å²) in [5, 5.41) is 3.01. The molecule has 0 amide bonds. The number of anilines is 3. The predicted octanol–water partition coefficient (Wildman–Crippen LogP) is 1.35. The monoisotopic (exact) mass is 265 g/mol. The second kappa shape index (κ2) is 6.06. The van der Waals surface area contributed by atoms with Crippen LogP contribution < -0.4 is 16.0 Å². The standard InChI is InChI=1S/C13H23N5O/c1-9(10-4-5-10)18(6-7-19-3)12-8-11(15-2)16-13(14)17-12/h8-10H,4-7H2,1-3H3,(H3,14,15,16,17). The summed E-state index contributed by atoms with van der Waals surface area (Å²) in [6, 6.07) is 2.39. The SMILES string of the molecule is CNc1cc(N(CCOC)C(C)C2CC2)nc(N)n1. The van der Waals surface area contributed by atoms with Crippen molar-refractivity contribution in [1.82, 2.24) is 9.97 Å². The molecule has 6 heteroatoms. The van der Waals surface area contributed by atoms with Gasteiger partial charge in [-0.25, -0.2) is 0 Å². The fourth-order valence-electron chi connectivity index (χ4n) is 2.28. The first-order valence-electron chi connectivity index (χ1n) is 6.73. The molecule has 3 N–H and O–H groups in total. The van der Waals surface area contributed by atoms with E-state index in [1.807, 2.05) is 13.1 Å². The van der Waals surface area contributed by atoms with Crippen LogP contribution in [0.5, 0.6) is 0 Å². The fraction of sp³-hybridized carbons (Fsp3) is 0.692. The third-order valence-corrected chi connectivity index (χ3v) is 3.61. The van der Waals surface area contributed by atoms with E-state index < -0.39 is 0 Å². The molecule has 1 heterocycles. The average Bonchev–Trinajstić information content (AvgIpc) is 3.22. The van der Waals surface area contributed by atoms with Gasteiger partial charge < -0.3 is 20.7 Å². The van der Waals surface area contributed by atoms with Crippen LogP contribution in [0.2, 0.25) is 0 Å². The van der Waals surface area contributed by atoms with Crippen LogP contribution in [-0.4, -0.2) is 43.3 Å². The number of nitrogens with two attached hydrogens (primary N) is 1. The Labute approximate surface area is 114 Å². The van der Waals surface area contributed by atoms with Gasteiger partial charge in [0.1, 0.15) is 11.6 Å². The summed E-state index contributed by atoms with van der Waals surface area (Å²) in [5.74, 6) is 2.67. The molecular weight excluding hydrogens is 242 g/mol. The maximum atomic E-state index is 5.77. The zero-order valence-corrected chi connectivity index (χ0v) is 11.9. The second-order valence-corrected chi connectivity index (χ2v) is 4.98. The van der Waals surface area contributed by atoms with Crippen molar-refractivity contribution < 1.29 is 4.74 Å². The fourth-order valence-corrected chi connectivity index (χ4v) is 2.28. The lowest BCUT2D eigenvalue weighted by Gasteiger charge is -2.30. The predicted molar refractivity (Wildman–Crippen MR) is 77.4 cm³/mol. The van der Waals surface area contributed by atoms with Crippen LogP contribution in [0.1, 0.15) is 19.8 Å².